The Morgan fingerprint density at radius 3 is 2.75 bits per heavy atom. The molecular formula is C18H29ClN2O3. The van der Waals surface area contributed by atoms with E-state index in [-0.39, 0.29) is 35.9 Å². The number of amides is 1. The summed E-state index contributed by atoms with van der Waals surface area (Å²) in [6.07, 6.45) is 0.846. The van der Waals surface area contributed by atoms with E-state index in [1.54, 1.807) is 7.11 Å². The molecule has 0 aromatic heterocycles. The molecule has 0 spiro atoms. The lowest BCUT2D eigenvalue weighted by molar-refractivity contribution is -0.123. The molecule has 1 aromatic carbocycles. The summed E-state index contributed by atoms with van der Waals surface area (Å²) in [5, 5.41) is 6.06. The van der Waals surface area contributed by atoms with E-state index in [0.29, 0.717) is 13.2 Å². The van der Waals surface area contributed by atoms with Crippen LogP contribution in [0.4, 0.5) is 0 Å². The number of rotatable bonds is 6. The Balaban J connectivity index is 0.00000288. The summed E-state index contributed by atoms with van der Waals surface area (Å²) in [7, 11) is 1.67. The van der Waals surface area contributed by atoms with Crippen molar-refractivity contribution in [3.05, 3.63) is 29.8 Å². The fourth-order valence-corrected chi connectivity index (χ4v) is 2.60. The van der Waals surface area contributed by atoms with Crippen molar-refractivity contribution in [2.45, 2.75) is 44.8 Å². The van der Waals surface area contributed by atoms with Crippen molar-refractivity contribution in [1.29, 1.82) is 0 Å². The van der Waals surface area contributed by atoms with Gasteiger partial charge >= 0.3 is 0 Å². The Labute approximate surface area is 150 Å². The highest BCUT2D eigenvalue weighted by atomic mass is 35.5. The van der Waals surface area contributed by atoms with Crippen LogP contribution in [-0.2, 0) is 14.9 Å². The van der Waals surface area contributed by atoms with E-state index in [9.17, 15) is 4.79 Å². The number of methoxy groups -OCH3 is 1. The molecule has 2 atom stereocenters. The summed E-state index contributed by atoms with van der Waals surface area (Å²) >= 11 is 0. The van der Waals surface area contributed by atoms with Gasteiger partial charge in [0.1, 0.15) is 12.4 Å². The highest BCUT2D eigenvalue weighted by molar-refractivity contribution is 5.85. The highest BCUT2D eigenvalue weighted by Crippen LogP contribution is 2.25. The Morgan fingerprint density at radius 2 is 2.12 bits per heavy atom. The van der Waals surface area contributed by atoms with Gasteiger partial charge in [0.15, 0.2) is 0 Å². The molecule has 6 heteroatoms. The maximum atomic E-state index is 12.0. The lowest BCUT2D eigenvalue weighted by atomic mass is 9.87. The number of carbonyl (C=O) groups excluding carboxylic acids is 1. The maximum Gasteiger partial charge on any atom is 0.237 e. The van der Waals surface area contributed by atoms with Crippen molar-refractivity contribution in [3.63, 3.8) is 0 Å². The third-order valence-electron chi connectivity index (χ3n) is 4.11. The molecule has 136 valence electrons. The van der Waals surface area contributed by atoms with E-state index < -0.39 is 0 Å². The van der Waals surface area contributed by atoms with E-state index in [1.165, 1.54) is 5.56 Å². The van der Waals surface area contributed by atoms with Crippen LogP contribution >= 0.6 is 12.4 Å². The fraction of sp³-hybridized carbons (Fsp3) is 0.611. The normalized spacial score (nSPS) is 20.3. The number of hydrogen-bond acceptors (Lipinski definition) is 4. The second kappa shape index (κ2) is 9.25. The lowest BCUT2D eigenvalue weighted by Crippen LogP contribution is -2.41. The van der Waals surface area contributed by atoms with Crippen LogP contribution in [-0.4, -0.2) is 44.9 Å². The third kappa shape index (κ3) is 5.96. The summed E-state index contributed by atoms with van der Waals surface area (Å²) in [4.78, 5) is 12.0. The summed E-state index contributed by atoms with van der Waals surface area (Å²) in [5.74, 6) is 0.849. The molecule has 2 rings (SSSR count). The van der Waals surface area contributed by atoms with Crippen LogP contribution in [0.5, 0.6) is 5.75 Å². The highest BCUT2D eigenvalue weighted by Gasteiger charge is 2.28. The zero-order valence-corrected chi connectivity index (χ0v) is 15.7. The average molecular weight is 357 g/mol. The molecule has 1 fully saturated rings. The number of carbonyl (C=O) groups is 1. The van der Waals surface area contributed by atoms with Crippen LogP contribution in [0.25, 0.3) is 0 Å². The van der Waals surface area contributed by atoms with Gasteiger partial charge in [-0.15, -0.1) is 12.4 Å². The monoisotopic (exact) mass is 356 g/mol. The van der Waals surface area contributed by atoms with E-state index in [4.69, 9.17) is 9.47 Å². The predicted molar refractivity (Wildman–Crippen MR) is 98.1 cm³/mol. The molecule has 24 heavy (non-hydrogen) atoms. The van der Waals surface area contributed by atoms with Gasteiger partial charge in [0, 0.05) is 13.7 Å². The molecule has 1 aliphatic rings. The Morgan fingerprint density at radius 1 is 1.38 bits per heavy atom. The van der Waals surface area contributed by atoms with Gasteiger partial charge in [-0.25, -0.2) is 0 Å². The molecule has 2 N–H and O–H groups in total. The summed E-state index contributed by atoms with van der Waals surface area (Å²) in [6.45, 7) is 8.20. The molecule has 1 saturated heterocycles. The molecule has 0 aliphatic carbocycles. The van der Waals surface area contributed by atoms with E-state index >= 15 is 0 Å². The quantitative estimate of drug-likeness (QED) is 0.768. The van der Waals surface area contributed by atoms with Crippen molar-refractivity contribution in [3.8, 4) is 5.75 Å². The number of benzene rings is 1. The van der Waals surface area contributed by atoms with Crippen molar-refractivity contribution < 1.29 is 14.3 Å². The van der Waals surface area contributed by atoms with Gasteiger partial charge in [-0.05, 0) is 29.5 Å². The Hall–Kier alpha value is -1.30. The van der Waals surface area contributed by atoms with Gasteiger partial charge in [-0.2, -0.15) is 0 Å². The topological polar surface area (TPSA) is 59.6 Å². The van der Waals surface area contributed by atoms with Gasteiger partial charge < -0.3 is 20.1 Å². The smallest absolute Gasteiger partial charge is 0.237 e. The van der Waals surface area contributed by atoms with Crippen molar-refractivity contribution >= 4 is 18.3 Å². The number of hydrogen-bond donors (Lipinski definition) is 2. The van der Waals surface area contributed by atoms with Gasteiger partial charge in [-0.3, -0.25) is 4.79 Å². The van der Waals surface area contributed by atoms with Gasteiger partial charge in [0.05, 0.1) is 18.7 Å². The van der Waals surface area contributed by atoms with Gasteiger partial charge in [0.2, 0.25) is 5.91 Å². The zero-order chi connectivity index (χ0) is 16.9. The molecular weight excluding hydrogens is 328 g/mol. The number of halogens is 1. The van der Waals surface area contributed by atoms with Crippen molar-refractivity contribution in [2.75, 3.05) is 26.8 Å². The molecule has 1 aromatic rings. The summed E-state index contributed by atoms with van der Waals surface area (Å²) < 4.78 is 11.0. The Kier molecular flexibility index (Phi) is 8.00. The molecule has 0 unspecified atom stereocenters. The summed E-state index contributed by atoms with van der Waals surface area (Å²) in [5.41, 5.74) is 1.33. The van der Waals surface area contributed by atoms with Crippen LogP contribution in [0, 0.1) is 0 Å². The molecule has 1 amide bonds. The molecule has 1 heterocycles. The molecule has 0 bridgehead atoms. The zero-order valence-electron chi connectivity index (χ0n) is 14.9. The average Bonchev–Trinajstić information content (AvgIpc) is 3.00. The summed E-state index contributed by atoms with van der Waals surface area (Å²) in [6, 6.07) is 7.95. The Bertz CT molecular complexity index is 531. The molecule has 5 nitrogen and oxygen atoms in total. The van der Waals surface area contributed by atoms with Crippen LogP contribution in [0.2, 0.25) is 0 Å². The molecule has 0 saturated carbocycles. The second-order valence-electron chi connectivity index (χ2n) is 6.97. The van der Waals surface area contributed by atoms with Crippen LogP contribution in [0.1, 0.15) is 32.8 Å². The van der Waals surface area contributed by atoms with Gasteiger partial charge in [-0.1, -0.05) is 32.9 Å². The maximum absolute atomic E-state index is 12.0. The molecule has 0 radical (unpaired) electrons. The van der Waals surface area contributed by atoms with Crippen LogP contribution < -0.4 is 15.4 Å². The van der Waals surface area contributed by atoms with Crippen LogP contribution in [0.3, 0.4) is 0 Å². The third-order valence-corrected chi connectivity index (χ3v) is 4.11. The minimum atomic E-state index is -0.163. The standard InChI is InChI=1S/C18H28N2O3.ClH/c1-18(2,3)13-6-5-7-14(10-13)23-9-8-19-17(21)16-11-15(22-4)12-20-16;/h5-7,10,15-16,20H,8-9,11-12H2,1-4H3,(H,19,21);1H/t15-,16+;/m0./s1. The van der Waals surface area contributed by atoms with Crippen molar-refractivity contribution in [2.24, 2.45) is 0 Å². The van der Waals surface area contributed by atoms with E-state index in [2.05, 4.69) is 43.5 Å². The SMILES string of the molecule is CO[C@@H]1CN[C@@H](C(=O)NCCOc2cccc(C(C)(C)C)c2)C1.Cl. The lowest BCUT2D eigenvalue weighted by Gasteiger charge is -2.20. The number of ether oxygens (including phenoxy) is 2. The second-order valence-corrected chi connectivity index (χ2v) is 6.97. The van der Waals surface area contributed by atoms with E-state index in [1.807, 2.05) is 12.1 Å². The predicted octanol–water partition coefficient (Wildman–Crippen LogP) is 2.28. The first-order chi connectivity index (χ1) is 10.9. The fourth-order valence-electron chi connectivity index (χ4n) is 2.60. The first kappa shape index (κ1) is 20.7. The minimum Gasteiger partial charge on any atom is -0.492 e. The largest absolute Gasteiger partial charge is 0.492 e. The first-order valence-corrected chi connectivity index (χ1v) is 8.17. The van der Waals surface area contributed by atoms with Crippen LogP contribution in [0.15, 0.2) is 24.3 Å². The minimum absolute atomic E-state index is 0. The van der Waals surface area contributed by atoms with Gasteiger partial charge in [0.25, 0.3) is 0 Å². The number of nitrogens with one attached hydrogen (secondary N) is 2. The molecule has 1 aliphatic heterocycles. The first-order valence-electron chi connectivity index (χ1n) is 8.17. The van der Waals surface area contributed by atoms with Crippen molar-refractivity contribution in [1.82, 2.24) is 10.6 Å². The van der Waals surface area contributed by atoms with E-state index in [0.717, 1.165) is 18.7 Å².